The molecular formula is C13H21NO. The van der Waals surface area contributed by atoms with Crippen LogP contribution in [0.1, 0.15) is 33.3 Å². The molecule has 0 aliphatic rings. The lowest BCUT2D eigenvalue weighted by atomic mass is 9.87. The molecule has 0 unspecified atom stereocenters. The molecule has 84 valence electrons. The normalized spacial score (nSPS) is 13.7. The largest absolute Gasteiger partial charge is 0.492 e. The van der Waals surface area contributed by atoms with Crippen molar-refractivity contribution in [2.75, 3.05) is 6.61 Å². The molecule has 0 radical (unpaired) electrons. The topological polar surface area (TPSA) is 35.2 Å². The van der Waals surface area contributed by atoms with E-state index < -0.39 is 0 Å². The van der Waals surface area contributed by atoms with Crippen molar-refractivity contribution in [2.24, 2.45) is 5.73 Å². The van der Waals surface area contributed by atoms with Crippen LogP contribution < -0.4 is 10.5 Å². The third-order valence-corrected chi connectivity index (χ3v) is 2.21. The van der Waals surface area contributed by atoms with Gasteiger partial charge in [-0.25, -0.2) is 0 Å². The minimum Gasteiger partial charge on any atom is -0.492 e. The summed E-state index contributed by atoms with van der Waals surface area (Å²) in [6.45, 7) is 9.08. The molecule has 0 aliphatic heterocycles. The van der Waals surface area contributed by atoms with Crippen LogP contribution >= 0.6 is 0 Å². The average Bonchev–Trinajstić information content (AvgIpc) is 2.14. The molecule has 15 heavy (non-hydrogen) atoms. The van der Waals surface area contributed by atoms with E-state index in [2.05, 4.69) is 32.9 Å². The summed E-state index contributed by atoms with van der Waals surface area (Å²) in [7, 11) is 0. The third kappa shape index (κ3) is 3.92. The number of benzene rings is 1. The van der Waals surface area contributed by atoms with Crippen LogP contribution in [-0.4, -0.2) is 12.6 Å². The first kappa shape index (κ1) is 12.1. The molecule has 1 atom stereocenters. The van der Waals surface area contributed by atoms with Crippen molar-refractivity contribution >= 4 is 0 Å². The Bertz CT molecular complexity index is 313. The lowest BCUT2D eigenvalue weighted by Crippen LogP contribution is -2.23. The smallest absolute Gasteiger partial charge is 0.119 e. The quantitative estimate of drug-likeness (QED) is 0.827. The zero-order valence-corrected chi connectivity index (χ0v) is 10.1. The Morgan fingerprint density at radius 1 is 1.33 bits per heavy atom. The number of ether oxygens (including phenoxy) is 1. The molecule has 1 rings (SSSR count). The van der Waals surface area contributed by atoms with Gasteiger partial charge in [-0.3, -0.25) is 0 Å². The molecule has 2 N–H and O–H groups in total. The van der Waals surface area contributed by atoms with Gasteiger partial charge in [0.15, 0.2) is 0 Å². The van der Waals surface area contributed by atoms with E-state index in [9.17, 15) is 0 Å². The van der Waals surface area contributed by atoms with Gasteiger partial charge in [0.25, 0.3) is 0 Å². The Labute approximate surface area is 92.4 Å². The second-order valence-electron chi connectivity index (χ2n) is 5.07. The Morgan fingerprint density at radius 2 is 2.00 bits per heavy atom. The molecule has 0 heterocycles. The number of rotatable bonds is 3. The lowest BCUT2D eigenvalue weighted by Gasteiger charge is -2.20. The summed E-state index contributed by atoms with van der Waals surface area (Å²) in [6.07, 6.45) is 0. The minimum atomic E-state index is 0.0725. The van der Waals surface area contributed by atoms with Crippen molar-refractivity contribution in [2.45, 2.75) is 39.2 Å². The molecule has 0 fully saturated rings. The Kier molecular flexibility index (Phi) is 3.75. The van der Waals surface area contributed by atoms with Crippen LogP contribution in [0.2, 0.25) is 0 Å². The number of hydrogen-bond acceptors (Lipinski definition) is 2. The summed E-state index contributed by atoms with van der Waals surface area (Å²) in [4.78, 5) is 0. The summed E-state index contributed by atoms with van der Waals surface area (Å²) in [5.41, 5.74) is 7.08. The molecule has 0 bridgehead atoms. The highest BCUT2D eigenvalue weighted by molar-refractivity contribution is 5.32. The van der Waals surface area contributed by atoms with Crippen LogP contribution in [0, 0.1) is 0 Å². The van der Waals surface area contributed by atoms with Gasteiger partial charge in [-0.15, -0.1) is 0 Å². The number of hydrogen-bond donors (Lipinski definition) is 1. The van der Waals surface area contributed by atoms with Crippen molar-refractivity contribution in [3.05, 3.63) is 29.8 Å². The van der Waals surface area contributed by atoms with E-state index in [4.69, 9.17) is 10.5 Å². The van der Waals surface area contributed by atoms with Crippen LogP contribution in [0.5, 0.6) is 5.75 Å². The van der Waals surface area contributed by atoms with Gasteiger partial charge in [-0.05, 0) is 30.0 Å². The fourth-order valence-corrected chi connectivity index (χ4v) is 1.28. The van der Waals surface area contributed by atoms with E-state index >= 15 is 0 Å². The van der Waals surface area contributed by atoms with Gasteiger partial charge >= 0.3 is 0 Å². The van der Waals surface area contributed by atoms with Crippen molar-refractivity contribution in [1.29, 1.82) is 0 Å². The van der Waals surface area contributed by atoms with Crippen LogP contribution in [0.25, 0.3) is 0 Å². The van der Waals surface area contributed by atoms with Crippen molar-refractivity contribution in [3.8, 4) is 5.75 Å². The van der Waals surface area contributed by atoms with Crippen molar-refractivity contribution < 1.29 is 4.74 Å². The Hall–Kier alpha value is -1.02. The van der Waals surface area contributed by atoms with Gasteiger partial charge in [-0.2, -0.15) is 0 Å². The maximum Gasteiger partial charge on any atom is 0.119 e. The van der Waals surface area contributed by atoms with E-state index in [0.717, 1.165) is 5.75 Å². The Morgan fingerprint density at radius 3 is 2.53 bits per heavy atom. The second kappa shape index (κ2) is 4.67. The average molecular weight is 207 g/mol. The predicted octanol–water partition coefficient (Wildman–Crippen LogP) is 2.71. The van der Waals surface area contributed by atoms with E-state index in [1.54, 1.807) is 0 Å². The first-order valence-corrected chi connectivity index (χ1v) is 5.38. The molecule has 1 aromatic rings. The highest BCUT2D eigenvalue weighted by Gasteiger charge is 2.13. The van der Waals surface area contributed by atoms with Gasteiger partial charge in [0.2, 0.25) is 0 Å². The van der Waals surface area contributed by atoms with Gasteiger partial charge in [0, 0.05) is 6.04 Å². The van der Waals surface area contributed by atoms with Crippen LogP contribution in [0.3, 0.4) is 0 Å². The fraction of sp³-hybridized carbons (Fsp3) is 0.538. The van der Waals surface area contributed by atoms with Crippen LogP contribution in [0.15, 0.2) is 24.3 Å². The predicted molar refractivity (Wildman–Crippen MR) is 64.3 cm³/mol. The maximum atomic E-state index is 5.64. The molecule has 0 saturated carbocycles. The van der Waals surface area contributed by atoms with Crippen molar-refractivity contribution in [3.63, 3.8) is 0 Å². The summed E-state index contributed by atoms with van der Waals surface area (Å²) < 4.78 is 5.58. The zero-order chi connectivity index (χ0) is 11.5. The number of nitrogens with two attached hydrogens (primary N) is 1. The summed E-state index contributed by atoms with van der Waals surface area (Å²) in [6, 6.07) is 8.28. The first-order valence-electron chi connectivity index (χ1n) is 5.38. The SMILES string of the molecule is C[C@@H](N)COc1cccc(C(C)(C)C)c1. The monoisotopic (exact) mass is 207 g/mol. The van der Waals surface area contributed by atoms with Crippen molar-refractivity contribution in [1.82, 2.24) is 0 Å². The van der Waals surface area contributed by atoms with E-state index in [1.807, 2.05) is 19.1 Å². The van der Waals surface area contributed by atoms with Crippen LogP contribution in [0.4, 0.5) is 0 Å². The Balaban J connectivity index is 2.75. The lowest BCUT2D eigenvalue weighted by molar-refractivity contribution is 0.295. The minimum absolute atomic E-state index is 0.0725. The van der Waals surface area contributed by atoms with Gasteiger partial charge in [0.1, 0.15) is 12.4 Å². The van der Waals surface area contributed by atoms with Crippen LogP contribution in [-0.2, 0) is 5.41 Å². The molecule has 0 aromatic heterocycles. The standard InChI is InChI=1S/C13H21NO/c1-10(14)9-15-12-7-5-6-11(8-12)13(2,3)4/h5-8,10H,9,14H2,1-4H3/t10-/m1/s1. The summed E-state index contributed by atoms with van der Waals surface area (Å²) >= 11 is 0. The van der Waals surface area contributed by atoms with Gasteiger partial charge < -0.3 is 10.5 Å². The summed E-state index contributed by atoms with van der Waals surface area (Å²) in [5, 5.41) is 0. The van der Waals surface area contributed by atoms with Gasteiger partial charge in [-0.1, -0.05) is 32.9 Å². The molecular weight excluding hydrogens is 186 g/mol. The molecule has 1 aromatic carbocycles. The summed E-state index contributed by atoms with van der Waals surface area (Å²) in [5.74, 6) is 0.903. The molecule has 0 spiro atoms. The molecule has 0 saturated heterocycles. The molecule has 2 heteroatoms. The highest BCUT2D eigenvalue weighted by Crippen LogP contribution is 2.25. The zero-order valence-electron chi connectivity index (χ0n) is 10.1. The van der Waals surface area contributed by atoms with E-state index in [-0.39, 0.29) is 11.5 Å². The van der Waals surface area contributed by atoms with E-state index in [0.29, 0.717) is 6.61 Å². The second-order valence-corrected chi connectivity index (χ2v) is 5.07. The first-order chi connectivity index (χ1) is 6.89. The molecule has 2 nitrogen and oxygen atoms in total. The molecule has 0 aliphatic carbocycles. The molecule has 0 amide bonds. The highest BCUT2D eigenvalue weighted by atomic mass is 16.5. The maximum absolute atomic E-state index is 5.64. The van der Waals surface area contributed by atoms with Gasteiger partial charge in [0.05, 0.1) is 0 Å². The van der Waals surface area contributed by atoms with E-state index in [1.165, 1.54) is 5.56 Å². The fourth-order valence-electron chi connectivity index (χ4n) is 1.28. The third-order valence-electron chi connectivity index (χ3n) is 2.21.